The average molecular weight is 467 g/mol. The lowest BCUT2D eigenvalue weighted by Crippen LogP contribution is -2.51. The number of hydrogen-bond acceptors (Lipinski definition) is 5. The number of benzene rings is 1. The van der Waals surface area contributed by atoms with E-state index in [1.54, 1.807) is 4.90 Å². The maximum absolute atomic E-state index is 13.0. The quantitative estimate of drug-likeness (QED) is 0.500. The van der Waals surface area contributed by atoms with Gasteiger partial charge in [-0.15, -0.1) is 0 Å². The predicted molar refractivity (Wildman–Crippen MR) is 127 cm³/mol. The monoisotopic (exact) mass is 466 g/mol. The molecule has 2 saturated heterocycles. The van der Waals surface area contributed by atoms with Gasteiger partial charge >= 0.3 is 12.1 Å². The van der Waals surface area contributed by atoms with Crippen LogP contribution in [0.4, 0.5) is 4.79 Å². The maximum atomic E-state index is 13.0. The van der Waals surface area contributed by atoms with Crippen LogP contribution in [0.2, 0.25) is 0 Å². The van der Waals surface area contributed by atoms with Crippen molar-refractivity contribution in [1.82, 2.24) is 9.80 Å². The van der Waals surface area contributed by atoms with E-state index in [0.29, 0.717) is 19.4 Å². The molecule has 182 valence electrons. The summed E-state index contributed by atoms with van der Waals surface area (Å²) < 4.78 is 11.1. The van der Waals surface area contributed by atoms with Crippen LogP contribution in [0, 0.1) is 24.7 Å². The first-order chi connectivity index (χ1) is 16.4. The van der Waals surface area contributed by atoms with Gasteiger partial charge in [0, 0.05) is 43.6 Å². The fourth-order valence-corrected chi connectivity index (χ4v) is 5.65. The zero-order valence-electron chi connectivity index (χ0n) is 20.2. The van der Waals surface area contributed by atoms with Crippen molar-refractivity contribution in [2.75, 3.05) is 26.7 Å². The Morgan fingerprint density at radius 3 is 2.62 bits per heavy atom. The van der Waals surface area contributed by atoms with E-state index >= 15 is 0 Å². The summed E-state index contributed by atoms with van der Waals surface area (Å²) in [5.41, 5.74) is 0.991. The van der Waals surface area contributed by atoms with Gasteiger partial charge in [0.15, 0.2) is 5.60 Å². The molecule has 3 fully saturated rings. The lowest BCUT2D eigenvalue weighted by molar-refractivity contribution is -0.163. The summed E-state index contributed by atoms with van der Waals surface area (Å²) in [6.45, 7) is 4.11. The molecule has 3 aliphatic rings. The minimum Gasteiger partial charge on any atom is -0.453 e. The van der Waals surface area contributed by atoms with Crippen molar-refractivity contribution in [3.63, 3.8) is 0 Å². The summed E-state index contributed by atoms with van der Waals surface area (Å²) >= 11 is 0. The lowest BCUT2D eigenvalue weighted by atomic mass is 9.72. The van der Waals surface area contributed by atoms with Gasteiger partial charge in [-0.1, -0.05) is 18.1 Å². The van der Waals surface area contributed by atoms with Crippen LogP contribution in [0.1, 0.15) is 62.5 Å². The van der Waals surface area contributed by atoms with Crippen LogP contribution in [0.3, 0.4) is 0 Å². The Bertz CT molecular complexity index is 990. The summed E-state index contributed by atoms with van der Waals surface area (Å²) in [6, 6.07) is 7.85. The van der Waals surface area contributed by atoms with Gasteiger partial charge < -0.3 is 19.3 Å². The number of nitrogens with zero attached hydrogens (tertiary/aromatic N) is 2. The number of rotatable bonds is 4. The number of likely N-dealkylation sites (tertiary alicyclic amines) is 2. The number of methoxy groups -OCH3 is 1. The van der Waals surface area contributed by atoms with Crippen molar-refractivity contribution in [3.05, 3.63) is 35.4 Å². The van der Waals surface area contributed by atoms with Crippen LogP contribution in [0.25, 0.3) is 0 Å². The number of ether oxygens (including phenoxy) is 2. The Balaban J connectivity index is 1.55. The molecule has 1 aliphatic carbocycles. The van der Waals surface area contributed by atoms with Crippen molar-refractivity contribution in [2.24, 2.45) is 5.92 Å². The van der Waals surface area contributed by atoms with Crippen LogP contribution in [0.5, 0.6) is 0 Å². The number of carbonyl (C=O) groups is 3. The molecule has 1 aromatic rings. The molecule has 1 saturated carbocycles. The SMILES string of the molecule is COC(=O)N1CC[C@@H]2[C@H]1CCC[C@]2(C#Cc1cccc(C)c1)OC(=O)CCC(=O)N1CCCC1. The number of fused-ring (bicyclic) bond motifs is 1. The molecule has 2 aliphatic heterocycles. The molecule has 0 spiro atoms. The van der Waals surface area contributed by atoms with Crippen LogP contribution in [-0.2, 0) is 19.1 Å². The third-order valence-corrected chi connectivity index (χ3v) is 7.34. The number of esters is 1. The van der Waals surface area contributed by atoms with Gasteiger partial charge in [-0.2, -0.15) is 0 Å². The van der Waals surface area contributed by atoms with Gasteiger partial charge in [0.25, 0.3) is 0 Å². The van der Waals surface area contributed by atoms with Crippen molar-refractivity contribution < 1.29 is 23.9 Å². The highest BCUT2D eigenvalue weighted by Crippen LogP contribution is 2.45. The van der Waals surface area contributed by atoms with E-state index in [9.17, 15) is 14.4 Å². The Labute approximate surface area is 201 Å². The third-order valence-electron chi connectivity index (χ3n) is 7.34. The molecule has 0 radical (unpaired) electrons. The minimum absolute atomic E-state index is 0.00796. The number of carbonyl (C=O) groups excluding carboxylic acids is 3. The van der Waals surface area contributed by atoms with Crippen molar-refractivity contribution >= 4 is 18.0 Å². The molecule has 7 heteroatoms. The highest BCUT2D eigenvalue weighted by Gasteiger charge is 2.53. The maximum Gasteiger partial charge on any atom is 0.409 e. The van der Waals surface area contributed by atoms with E-state index in [2.05, 4.69) is 11.8 Å². The zero-order chi connectivity index (χ0) is 24.1. The lowest BCUT2D eigenvalue weighted by Gasteiger charge is -2.42. The molecule has 2 heterocycles. The molecular formula is C27H34N2O5. The second-order valence-corrected chi connectivity index (χ2v) is 9.59. The first-order valence-electron chi connectivity index (χ1n) is 12.4. The Kier molecular flexibility index (Phi) is 7.45. The largest absolute Gasteiger partial charge is 0.453 e. The molecule has 0 unspecified atom stereocenters. The van der Waals surface area contributed by atoms with Gasteiger partial charge in [0.2, 0.25) is 5.91 Å². The van der Waals surface area contributed by atoms with Crippen molar-refractivity contribution in [1.29, 1.82) is 0 Å². The smallest absolute Gasteiger partial charge is 0.409 e. The molecule has 4 rings (SSSR count). The molecule has 7 nitrogen and oxygen atoms in total. The predicted octanol–water partition coefficient (Wildman–Crippen LogP) is 3.67. The van der Waals surface area contributed by atoms with Crippen LogP contribution >= 0.6 is 0 Å². The van der Waals surface area contributed by atoms with Crippen LogP contribution in [0.15, 0.2) is 24.3 Å². The molecule has 2 amide bonds. The van der Waals surface area contributed by atoms with E-state index < -0.39 is 11.6 Å². The average Bonchev–Trinajstić information content (AvgIpc) is 3.52. The van der Waals surface area contributed by atoms with E-state index in [4.69, 9.17) is 9.47 Å². The molecule has 0 aromatic heterocycles. The summed E-state index contributed by atoms with van der Waals surface area (Å²) in [7, 11) is 1.39. The van der Waals surface area contributed by atoms with Gasteiger partial charge in [-0.3, -0.25) is 9.59 Å². The van der Waals surface area contributed by atoms with Crippen LogP contribution < -0.4 is 0 Å². The standard InChI is InChI=1S/C27H34N2O5/c1-20-7-5-8-21(19-20)12-15-27(34-25(31)11-10-24(30)28-16-3-4-17-28)14-6-9-23-22(27)13-18-29(23)26(32)33-2/h5,7-8,19,22-23H,3-4,6,9-11,13-14,16-18H2,1-2H3/t22-,23-,27-/m1/s1. The van der Waals surface area contributed by atoms with Gasteiger partial charge in [0.05, 0.1) is 13.5 Å². The van der Waals surface area contributed by atoms with Gasteiger partial charge in [-0.25, -0.2) is 4.79 Å². The van der Waals surface area contributed by atoms with E-state index in [0.717, 1.165) is 49.9 Å². The van der Waals surface area contributed by atoms with Crippen molar-refractivity contribution in [2.45, 2.75) is 69.9 Å². The van der Waals surface area contributed by atoms with E-state index in [1.807, 2.05) is 36.1 Å². The molecule has 1 aromatic carbocycles. The first kappa shape index (κ1) is 24.1. The summed E-state index contributed by atoms with van der Waals surface area (Å²) in [5.74, 6) is 6.10. The Morgan fingerprint density at radius 2 is 1.88 bits per heavy atom. The fraction of sp³-hybridized carbons (Fsp3) is 0.593. The Hall–Kier alpha value is -3.01. The zero-order valence-corrected chi connectivity index (χ0v) is 20.2. The number of hydrogen-bond donors (Lipinski definition) is 0. The van der Waals surface area contributed by atoms with E-state index in [-0.39, 0.29) is 36.8 Å². The molecule has 3 atom stereocenters. The highest BCUT2D eigenvalue weighted by molar-refractivity contribution is 5.81. The highest BCUT2D eigenvalue weighted by atomic mass is 16.6. The fourth-order valence-electron chi connectivity index (χ4n) is 5.65. The second kappa shape index (κ2) is 10.5. The minimum atomic E-state index is -0.983. The van der Waals surface area contributed by atoms with Gasteiger partial charge in [-0.05, 0) is 69.1 Å². The topological polar surface area (TPSA) is 76.1 Å². The second-order valence-electron chi connectivity index (χ2n) is 9.59. The van der Waals surface area contributed by atoms with E-state index in [1.165, 1.54) is 7.11 Å². The van der Waals surface area contributed by atoms with Gasteiger partial charge in [0.1, 0.15) is 0 Å². The molecule has 0 N–H and O–H groups in total. The molecule has 0 bridgehead atoms. The first-order valence-corrected chi connectivity index (χ1v) is 12.4. The summed E-state index contributed by atoms with van der Waals surface area (Å²) in [4.78, 5) is 41.3. The van der Waals surface area contributed by atoms with Crippen LogP contribution in [-0.4, -0.2) is 66.2 Å². The third kappa shape index (κ3) is 5.22. The Morgan fingerprint density at radius 1 is 1.09 bits per heavy atom. The van der Waals surface area contributed by atoms with Crippen molar-refractivity contribution in [3.8, 4) is 11.8 Å². The summed E-state index contributed by atoms with van der Waals surface area (Å²) in [5, 5.41) is 0. The number of aryl methyl sites for hydroxylation is 1. The number of amides is 2. The molecule has 34 heavy (non-hydrogen) atoms. The molecular weight excluding hydrogens is 432 g/mol. The normalized spacial score (nSPS) is 25.8. The summed E-state index contributed by atoms with van der Waals surface area (Å²) in [6.07, 6.45) is 4.83.